The first kappa shape index (κ1) is 10.7. The monoisotopic (exact) mass is 198 g/mol. The fraction of sp³-hybridized carbons (Fsp3) is 0.700. The van der Waals surface area contributed by atoms with Crippen molar-refractivity contribution >= 4 is 11.3 Å². The first-order valence-electron chi connectivity index (χ1n) is 4.85. The molecule has 0 aliphatic heterocycles. The predicted octanol–water partition coefficient (Wildman–Crippen LogP) is 2.47. The van der Waals surface area contributed by atoms with Crippen molar-refractivity contribution in [2.24, 2.45) is 5.73 Å². The van der Waals surface area contributed by atoms with Crippen LogP contribution < -0.4 is 5.73 Å². The molecule has 0 saturated heterocycles. The van der Waals surface area contributed by atoms with E-state index in [1.165, 1.54) is 15.6 Å². The second kappa shape index (κ2) is 4.72. The summed E-state index contributed by atoms with van der Waals surface area (Å²) in [6.45, 7) is 7.24. The van der Waals surface area contributed by atoms with E-state index in [2.05, 4.69) is 25.8 Å². The van der Waals surface area contributed by atoms with Crippen molar-refractivity contribution < 1.29 is 0 Å². The van der Waals surface area contributed by atoms with Gasteiger partial charge in [-0.15, -0.1) is 11.3 Å². The van der Waals surface area contributed by atoms with E-state index in [-0.39, 0.29) is 0 Å². The van der Waals surface area contributed by atoms with E-state index in [0.29, 0.717) is 5.92 Å². The lowest BCUT2D eigenvalue weighted by atomic mass is 10.1. The lowest BCUT2D eigenvalue weighted by molar-refractivity contribution is 0.696. The molecular weight excluding hydrogens is 180 g/mol. The second-order valence-corrected chi connectivity index (χ2v) is 4.50. The molecule has 1 atom stereocenters. The van der Waals surface area contributed by atoms with Crippen molar-refractivity contribution in [2.75, 3.05) is 6.54 Å². The van der Waals surface area contributed by atoms with Crippen molar-refractivity contribution in [2.45, 2.75) is 39.5 Å². The lowest BCUT2D eigenvalue weighted by Gasteiger charge is -2.07. The van der Waals surface area contributed by atoms with Gasteiger partial charge in [0, 0.05) is 4.88 Å². The van der Waals surface area contributed by atoms with Crippen LogP contribution in [0.1, 0.15) is 41.8 Å². The normalized spacial score (nSPS) is 13.2. The van der Waals surface area contributed by atoms with Crippen molar-refractivity contribution in [1.82, 2.24) is 4.98 Å². The predicted molar refractivity (Wildman–Crippen MR) is 58.3 cm³/mol. The van der Waals surface area contributed by atoms with Gasteiger partial charge in [-0.05, 0) is 32.2 Å². The van der Waals surface area contributed by atoms with E-state index in [1.54, 1.807) is 0 Å². The Bertz CT molecular complexity index is 268. The fourth-order valence-electron chi connectivity index (χ4n) is 1.46. The summed E-state index contributed by atoms with van der Waals surface area (Å²) in [7, 11) is 0. The molecule has 1 aromatic rings. The second-order valence-electron chi connectivity index (χ2n) is 3.39. The molecule has 1 unspecified atom stereocenters. The Morgan fingerprint density at radius 3 is 2.69 bits per heavy atom. The Hall–Kier alpha value is -0.410. The molecule has 0 saturated carbocycles. The van der Waals surface area contributed by atoms with Gasteiger partial charge in [0.05, 0.1) is 10.7 Å². The summed E-state index contributed by atoms with van der Waals surface area (Å²) in [6, 6.07) is 0. The average Bonchev–Trinajstić information content (AvgIpc) is 2.47. The van der Waals surface area contributed by atoms with Crippen LogP contribution in [-0.4, -0.2) is 11.5 Å². The zero-order valence-corrected chi connectivity index (χ0v) is 9.45. The van der Waals surface area contributed by atoms with Gasteiger partial charge < -0.3 is 5.73 Å². The SMILES string of the molecule is CCc1nc(C)c(C(C)CCN)s1. The van der Waals surface area contributed by atoms with Crippen LogP contribution in [0.15, 0.2) is 0 Å². The van der Waals surface area contributed by atoms with E-state index in [4.69, 9.17) is 5.73 Å². The van der Waals surface area contributed by atoms with E-state index in [0.717, 1.165) is 19.4 Å². The van der Waals surface area contributed by atoms with Gasteiger partial charge >= 0.3 is 0 Å². The summed E-state index contributed by atoms with van der Waals surface area (Å²) in [5.74, 6) is 0.572. The van der Waals surface area contributed by atoms with Crippen LogP contribution in [0.2, 0.25) is 0 Å². The number of nitrogens with zero attached hydrogens (tertiary/aromatic N) is 1. The van der Waals surface area contributed by atoms with E-state index in [9.17, 15) is 0 Å². The number of aryl methyl sites for hydroxylation is 2. The minimum Gasteiger partial charge on any atom is -0.330 e. The van der Waals surface area contributed by atoms with Gasteiger partial charge in [-0.25, -0.2) is 4.98 Å². The van der Waals surface area contributed by atoms with Crippen LogP contribution in [0, 0.1) is 6.92 Å². The molecule has 2 nitrogen and oxygen atoms in total. The molecule has 0 spiro atoms. The summed E-state index contributed by atoms with van der Waals surface area (Å²) in [5.41, 5.74) is 6.74. The van der Waals surface area contributed by atoms with Gasteiger partial charge in [-0.2, -0.15) is 0 Å². The summed E-state index contributed by atoms with van der Waals surface area (Å²) >= 11 is 1.84. The molecule has 1 heterocycles. The highest BCUT2D eigenvalue weighted by molar-refractivity contribution is 7.11. The van der Waals surface area contributed by atoms with Crippen LogP contribution in [0.5, 0.6) is 0 Å². The van der Waals surface area contributed by atoms with E-state index >= 15 is 0 Å². The minimum atomic E-state index is 0.572. The first-order chi connectivity index (χ1) is 6.19. The van der Waals surface area contributed by atoms with Gasteiger partial charge in [0.15, 0.2) is 0 Å². The molecule has 0 aliphatic rings. The molecular formula is C10H18N2S. The summed E-state index contributed by atoms with van der Waals surface area (Å²) in [6.07, 6.45) is 2.10. The van der Waals surface area contributed by atoms with Crippen molar-refractivity contribution in [1.29, 1.82) is 0 Å². The Labute approximate surface area is 84.2 Å². The highest BCUT2D eigenvalue weighted by atomic mass is 32.1. The third kappa shape index (κ3) is 2.51. The van der Waals surface area contributed by atoms with Crippen molar-refractivity contribution in [3.05, 3.63) is 15.6 Å². The summed E-state index contributed by atoms with van der Waals surface area (Å²) in [4.78, 5) is 5.93. The van der Waals surface area contributed by atoms with Gasteiger partial charge in [0.25, 0.3) is 0 Å². The van der Waals surface area contributed by atoms with Gasteiger partial charge in [-0.3, -0.25) is 0 Å². The third-order valence-corrected chi connectivity index (χ3v) is 3.76. The zero-order chi connectivity index (χ0) is 9.84. The maximum atomic E-state index is 5.54. The molecule has 0 radical (unpaired) electrons. The molecule has 3 heteroatoms. The smallest absolute Gasteiger partial charge is 0.0928 e. The third-order valence-electron chi connectivity index (χ3n) is 2.23. The largest absolute Gasteiger partial charge is 0.330 e. The molecule has 0 amide bonds. The Morgan fingerprint density at radius 2 is 2.23 bits per heavy atom. The number of aromatic nitrogens is 1. The number of rotatable bonds is 4. The lowest BCUT2D eigenvalue weighted by Crippen LogP contribution is -2.04. The molecule has 1 rings (SSSR count). The van der Waals surface area contributed by atoms with E-state index < -0.39 is 0 Å². The number of thiazole rings is 1. The molecule has 0 bridgehead atoms. The van der Waals surface area contributed by atoms with Crippen molar-refractivity contribution in [3.8, 4) is 0 Å². The van der Waals surface area contributed by atoms with E-state index in [1.807, 2.05) is 11.3 Å². The molecule has 0 aliphatic carbocycles. The molecule has 0 fully saturated rings. The molecule has 74 valence electrons. The number of hydrogen-bond acceptors (Lipinski definition) is 3. The van der Waals surface area contributed by atoms with Crippen molar-refractivity contribution in [3.63, 3.8) is 0 Å². The quantitative estimate of drug-likeness (QED) is 0.807. The van der Waals surface area contributed by atoms with Crippen LogP contribution in [0.4, 0.5) is 0 Å². The highest BCUT2D eigenvalue weighted by Gasteiger charge is 2.12. The highest BCUT2D eigenvalue weighted by Crippen LogP contribution is 2.28. The summed E-state index contributed by atoms with van der Waals surface area (Å²) < 4.78 is 0. The Morgan fingerprint density at radius 1 is 1.54 bits per heavy atom. The first-order valence-corrected chi connectivity index (χ1v) is 5.67. The van der Waals surface area contributed by atoms with Crippen LogP contribution in [-0.2, 0) is 6.42 Å². The Kier molecular flexibility index (Phi) is 3.88. The van der Waals surface area contributed by atoms with Gasteiger partial charge in [0.1, 0.15) is 0 Å². The minimum absolute atomic E-state index is 0.572. The Balaban J connectivity index is 2.80. The van der Waals surface area contributed by atoms with Crippen LogP contribution in [0.25, 0.3) is 0 Å². The maximum absolute atomic E-state index is 5.54. The maximum Gasteiger partial charge on any atom is 0.0928 e. The molecule has 0 aromatic carbocycles. The average molecular weight is 198 g/mol. The topological polar surface area (TPSA) is 38.9 Å². The van der Waals surface area contributed by atoms with Crippen LogP contribution >= 0.6 is 11.3 Å². The zero-order valence-electron chi connectivity index (χ0n) is 8.63. The summed E-state index contributed by atoms with van der Waals surface area (Å²) in [5, 5.41) is 1.25. The number of nitrogens with two attached hydrogens (primary N) is 1. The van der Waals surface area contributed by atoms with Crippen LogP contribution in [0.3, 0.4) is 0 Å². The standard InChI is InChI=1S/C10H18N2S/c1-4-9-12-8(3)10(13-9)7(2)5-6-11/h7H,4-6,11H2,1-3H3. The number of hydrogen-bond donors (Lipinski definition) is 1. The molecule has 1 aromatic heterocycles. The fourth-order valence-corrected chi connectivity index (χ4v) is 2.55. The van der Waals surface area contributed by atoms with Gasteiger partial charge in [-0.1, -0.05) is 13.8 Å². The molecule has 13 heavy (non-hydrogen) atoms. The molecule has 2 N–H and O–H groups in total. The van der Waals surface area contributed by atoms with Gasteiger partial charge in [0.2, 0.25) is 0 Å².